The monoisotopic (exact) mass is 276 g/mol. The van der Waals surface area contributed by atoms with Gasteiger partial charge in [-0.2, -0.15) is 0 Å². The average Bonchev–Trinajstić information content (AvgIpc) is 2.08. The van der Waals surface area contributed by atoms with Gasteiger partial charge in [0.05, 0.1) is 0 Å². The topological polar surface area (TPSA) is 0 Å². The summed E-state index contributed by atoms with van der Waals surface area (Å²) >= 11 is -1.46. The van der Waals surface area contributed by atoms with Crippen LogP contribution >= 0.6 is 0 Å². The molecule has 13 heavy (non-hydrogen) atoms. The van der Waals surface area contributed by atoms with Crippen molar-refractivity contribution in [2.45, 2.75) is 23.7 Å². The van der Waals surface area contributed by atoms with Gasteiger partial charge in [0.2, 0.25) is 0 Å². The second-order valence-electron chi connectivity index (χ2n) is 3.45. The van der Waals surface area contributed by atoms with E-state index in [4.69, 9.17) is 0 Å². The molecule has 0 radical (unpaired) electrons. The molecule has 0 heterocycles. The van der Waals surface area contributed by atoms with Crippen molar-refractivity contribution in [1.82, 2.24) is 0 Å². The van der Waals surface area contributed by atoms with E-state index in [1.807, 2.05) is 0 Å². The molecule has 0 bridgehead atoms. The van der Waals surface area contributed by atoms with Gasteiger partial charge in [-0.25, -0.2) is 0 Å². The molecule has 0 unspecified atom stereocenters. The van der Waals surface area contributed by atoms with Crippen LogP contribution in [-0.4, -0.2) is 13.3 Å². The van der Waals surface area contributed by atoms with E-state index in [-0.39, 0.29) is 44.0 Å². The third kappa shape index (κ3) is 7.78. The second kappa shape index (κ2) is 9.30. The van der Waals surface area contributed by atoms with E-state index in [1.165, 1.54) is 4.41 Å². The van der Waals surface area contributed by atoms with Crippen molar-refractivity contribution in [3.8, 4) is 0 Å². The van der Waals surface area contributed by atoms with E-state index in [1.54, 1.807) is 0 Å². The molecular formula is C11H22GeTi. The fourth-order valence-electron chi connectivity index (χ4n) is 0.920. The molecule has 0 aromatic heterocycles. The van der Waals surface area contributed by atoms with Gasteiger partial charge in [-0.05, 0) is 0 Å². The summed E-state index contributed by atoms with van der Waals surface area (Å²) in [5.74, 6) is 7.20. The van der Waals surface area contributed by atoms with Crippen LogP contribution in [0.25, 0.3) is 0 Å². The average molecular weight is 275 g/mol. The Morgan fingerprint density at radius 1 is 1.15 bits per heavy atom. The molecular weight excluding hydrogens is 253 g/mol. The third-order valence-corrected chi connectivity index (χ3v) is 5.61. The maximum atomic E-state index is 3.39. The molecule has 1 rings (SSSR count). The molecule has 0 aromatic rings. The van der Waals surface area contributed by atoms with Crippen LogP contribution in [0.15, 0.2) is 16.6 Å². The van der Waals surface area contributed by atoms with Crippen molar-refractivity contribution in [2.24, 2.45) is 0 Å². The SMILES string of the molecule is [CH3-].[CH3-].[CH3-].[CH3][Ge]([CH3])([CH3])[C]1=[C-]CC=C1.[Ti+4]. The predicted molar refractivity (Wildman–Crippen MR) is 63.1 cm³/mol. The predicted octanol–water partition coefficient (Wildman–Crippen LogP) is 3.90. The largest absolute Gasteiger partial charge is 4.00 e. The number of rotatable bonds is 1. The molecule has 0 aliphatic heterocycles. The first-order valence-corrected chi connectivity index (χ1v) is 10.7. The van der Waals surface area contributed by atoms with Crippen LogP contribution in [0.2, 0.25) is 17.3 Å². The minimum Gasteiger partial charge on any atom is 4.00 e. The molecule has 0 saturated heterocycles. The van der Waals surface area contributed by atoms with Crippen LogP contribution in [0.3, 0.4) is 0 Å². The van der Waals surface area contributed by atoms with Crippen molar-refractivity contribution >= 4 is 13.3 Å². The fraction of sp³-hybridized carbons (Fsp3) is 0.364. The van der Waals surface area contributed by atoms with Gasteiger partial charge >= 0.3 is 81.3 Å². The van der Waals surface area contributed by atoms with Crippen LogP contribution in [0.5, 0.6) is 0 Å². The molecule has 0 atom stereocenters. The zero-order chi connectivity index (χ0) is 6.91. The number of hydrogen-bond acceptors (Lipinski definition) is 0. The second-order valence-corrected chi connectivity index (χ2v) is 14.0. The van der Waals surface area contributed by atoms with E-state index in [2.05, 4.69) is 35.5 Å². The Labute approximate surface area is 103 Å². The van der Waals surface area contributed by atoms with Gasteiger partial charge in [0.25, 0.3) is 0 Å². The molecule has 0 amide bonds. The third-order valence-electron chi connectivity index (χ3n) is 1.50. The molecule has 0 fully saturated rings. The summed E-state index contributed by atoms with van der Waals surface area (Å²) in [6.07, 6.45) is 8.89. The zero-order valence-corrected chi connectivity index (χ0v) is 13.5. The van der Waals surface area contributed by atoms with E-state index in [0.29, 0.717) is 0 Å². The molecule has 0 N–H and O–H groups in total. The maximum absolute atomic E-state index is 3.39. The summed E-state index contributed by atoms with van der Waals surface area (Å²) in [6, 6.07) is 0. The van der Waals surface area contributed by atoms with Crippen molar-refractivity contribution in [2.75, 3.05) is 0 Å². The standard InChI is InChI=1S/C8H13Ge.3CH3.Ti/c1-9(2,3)8-6-4-5-7-8;;;;/h4,6H,5H2,1-3H3;3*1H3;/q4*-1;+4. The first-order valence-electron chi connectivity index (χ1n) is 3.38. The molecule has 0 nitrogen and oxygen atoms in total. The Hall–Kier alpha value is 0.737. The van der Waals surface area contributed by atoms with Crippen molar-refractivity contribution < 1.29 is 21.7 Å². The summed E-state index contributed by atoms with van der Waals surface area (Å²) in [5.41, 5.74) is 0. The van der Waals surface area contributed by atoms with Crippen molar-refractivity contribution in [1.29, 1.82) is 0 Å². The van der Waals surface area contributed by atoms with E-state index in [0.717, 1.165) is 6.42 Å². The first kappa shape index (κ1) is 23.5. The quantitative estimate of drug-likeness (QED) is 0.502. The van der Waals surface area contributed by atoms with Crippen LogP contribution in [0, 0.1) is 28.4 Å². The van der Waals surface area contributed by atoms with Gasteiger partial charge in [0.1, 0.15) is 0 Å². The molecule has 1 aliphatic rings. The van der Waals surface area contributed by atoms with Crippen molar-refractivity contribution in [3.05, 3.63) is 44.9 Å². The van der Waals surface area contributed by atoms with Gasteiger partial charge in [0, 0.05) is 0 Å². The summed E-state index contributed by atoms with van der Waals surface area (Å²) in [6.45, 7) is 0. The number of allylic oxidation sites excluding steroid dienone is 4. The Kier molecular flexibility index (Phi) is 16.8. The van der Waals surface area contributed by atoms with Crippen LogP contribution in [0.4, 0.5) is 0 Å². The van der Waals surface area contributed by atoms with E-state index >= 15 is 0 Å². The van der Waals surface area contributed by atoms with E-state index in [9.17, 15) is 0 Å². The molecule has 74 valence electrons. The zero-order valence-electron chi connectivity index (χ0n) is 9.86. The van der Waals surface area contributed by atoms with Crippen molar-refractivity contribution in [3.63, 3.8) is 0 Å². The first-order chi connectivity index (χ1) is 4.11. The van der Waals surface area contributed by atoms with Crippen LogP contribution < -0.4 is 0 Å². The minimum atomic E-state index is -1.46. The smallest absolute Gasteiger partial charge is 4.00 e. The Morgan fingerprint density at radius 2 is 1.62 bits per heavy atom. The molecule has 2 heteroatoms. The van der Waals surface area contributed by atoms with Gasteiger partial charge in [-0.1, -0.05) is 0 Å². The van der Waals surface area contributed by atoms with Gasteiger partial charge in [-0.3, -0.25) is 0 Å². The molecule has 0 spiro atoms. The Bertz CT molecular complexity index is 163. The summed E-state index contributed by atoms with van der Waals surface area (Å²) in [7, 11) is 0. The molecule has 0 aromatic carbocycles. The van der Waals surface area contributed by atoms with Gasteiger partial charge in [0.15, 0.2) is 0 Å². The Morgan fingerprint density at radius 3 is 1.77 bits per heavy atom. The molecule has 0 saturated carbocycles. The normalized spacial score (nSPS) is 12.7. The maximum Gasteiger partial charge on any atom is 4.00 e. The van der Waals surface area contributed by atoms with Gasteiger partial charge in [-0.15, -0.1) is 0 Å². The van der Waals surface area contributed by atoms with Gasteiger partial charge < -0.3 is 22.3 Å². The number of hydrogen-bond donors (Lipinski definition) is 0. The Balaban J connectivity index is -0.000000101. The minimum absolute atomic E-state index is 0. The van der Waals surface area contributed by atoms with Crippen LogP contribution in [-0.2, 0) is 21.7 Å². The fourth-order valence-corrected chi connectivity index (χ4v) is 3.54. The molecule has 1 aliphatic carbocycles. The van der Waals surface area contributed by atoms with E-state index < -0.39 is 13.3 Å². The summed E-state index contributed by atoms with van der Waals surface area (Å²) in [5, 5.41) is 0. The van der Waals surface area contributed by atoms with Crippen LogP contribution in [0.1, 0.15) is 6.42 Å². The summed E-state index contributed by atoms with van der Waals surface area (Å²) in [4.78, 5) is 0. The summed E-state index contributed by atoms with van der Waals surface area (Å²) < 4.78 is 1.54.